The van der Waals surface area contributed by atoms with Crippen molar-refractivity contribution in [3.05, 3.63) is 64.7 Å². The third-order valence-corrected chi connectivity index (χ3v) is 3.65. The average molecular weight is 328 g/mol. The number of carbonyl (C=O) groups is 1. The van der Waals surface area contributed by atoms with E-state index in [1.54, 1.807) is 23.1 Å². The highest BCUT2D eigenvalue weighted by Gasteiger charge is 2.14. The third kappa shape index (κ3) is 4.73. The Balaban J connectivity index is 2.09. The maximum atomic E-state index is 12.5. The maximum Gasteiger partial charge on any atom is 0.322 e. The van der Waals surface area contributed by atoms with Gasteiger partial charge in [0, 0.05) is 18.8 Å². The summed E-state index contributed by atoms with van der Waals surface area (Å²) in [5, 5.41) is 12.0. The quantitative estimate of drug-likeness (QED) is 0.868. The van der Waals surface area contributed by atoms with Crippen LogP contribution in [0, 0.1) is 11.3 Å². The molecule has 2 aromatic rings. The van der Waals surface area contributed by atoms with Gasteiger partial charge < -0.3 is 10.2 Å². The summed E-state index contributed by atoms with van der Waals surface area (Å²) in [4.78, 5) is 14.2. The van der Waals surface area contributed by atoms with Gasteiger partial charge in [-0.2, -0.15) is 5.26 Å². The second-order valence-electron chi connectivity index (χ2n) is 5.14. The monoisotopic (exact) mass is 327 g/mol. The molecule has 0 aliphatic rings. The van der Waals surface area contributed by atoms with E-state index in [4.69, 9.17) is 16.9 Å². The molecule has 0 atom stereocenters. The average Bonchev–Trinajstić information content (AvgIpc) is 2.55. The Bertz CT molecular complexity index is 710. The predicted octanol–water partition coefficient (Wildman–Crippen LogP) is 4.66. The van der Waals surface area contributed by atoms with Crippen molar-refractivity contribution in [2.75, 3.05) is 11.9 Å². The first kappa shape index (κ1) is 16.9. The van der Waals surface area contributed by atoms with Crippen LogP contribution in [-0.2, 0) is 6.54 Å². The topological polar surface area (TPSA) is 56.1 Å². The molecule has 0 fully saturated rings. The van der Waals surface area contributed by atoms with Gasteiger partial charge in [0.15, 0.2) is 0 Å². The van der Waals surface area contributed by atoms with Crippen molar-refractivity contribution in [1.29, 1.82) is 5.26 Å². The van der Waals surface area contributed by atoms with Crippen molar-refractivity contribution in [2.24, 2.45) is 0 Å². The fourth-order valence-electron chi connectivity index (χ4n) is 2.21. The molecule has 0 spiro atoms. The number of nitrogens with zero attached hydrogens (tertiary/aromatic N) is 2. The Morgan fingerprint density at radius 3 is 2.61 bits per heavy atom. The lowest BCUT2D eigenvalue weighted by molar-refractivity contribution is 0.209. The minimum Gasteiger partial charge on any atom is -0.320 e. The van der Waals surface area contributed by atoms with Gasteiger partial charge >= 0.3 is 6.03 Å². The number of nitrogens with one attached hydrogen (secondary N) is 1. The van der Waals surface area contributed by atoms with E-state index in [0.717, 1.165) is 12.0 Å². The van der Waals surface area contributed by atoms with Gasteiger partial charge in [-0.3, -0.25) is 0 Å². The van der Waals surface area contributed by atoms with Crippen molar-refractivity contribution < 1.29 is 4.79 Å². The molecule has 4 nitrogen and oxygen atoms in total. The molecule has 0 aliphatic heterocycles. The molecule has 0 unspecified atom stereocenters. The Hall–Kier alpha value is -2.51. The van der Waals surface area contributed by atoms with Gasteiger partial charge in [0.2, 0.25) is 0 Å². The number of rotatable bonds is 5. The van der Waals surface area contributed by atoms with Crippen LogP contribution < -0.4 is 5.32 Å². The van der Waals surface area contributed by atoms with Crippen LogP contribution in [-0.4, -0.2) is 17.5 Å². The molecular weight excluding hydrogens is 310 g/mol. The first-order valence-electron chi connectivity index (χ1n) is 7.43. The molecule has 0 aromatic heterocycles. The number of anilines is 1. The van der Waals surface area contributed by atoms with Crippen LogP contribution in [0.4, 0.5) is 10.5 Å². The van der Waals surface area contributed by atoms with Gasteiger partial charge in [0.05, 0.1) is 10.6 Å². The molecule has 2 rings (SSSR count). The minimum absolute atomic E-state index is 0.184. The van der Waals surface area contributed by atoms with E-state index in [1.165, 1.54) is 0 Å². The number of nitriles is 1. The molecule has 0 saturated heterocycles. The van der Waals surface area contributed by atoms with Crippen LogP contribution in [0.15, 0.2) is 48.5 Å². The van der Waals surface area contributed by atoms with E-state index in [9.17, 15) is 4.79 Å². The summed E-state index contributed by atoms with van der Waals surface area (Å²) in [5.74, 6) is 0. The number of halogens is 1. The Kier molecular flexibility index (Phi) is 6.02. The van der Waals surface area contributed by atoms with E-state index in [2.05, 4.69) is 5.32 Å². The number of amides is 2. The molecule has 0 bridgehead atoms. The normalized spacial score (nSPS) is 9.96. The van der Waals surface area contributed by atoms with Gasteiger partial charge in [0.1, 0.15) is 6.07 Å². The van der Waals surface area contributed by atoms with E-state index < -0.39 is 0 Å². The SMILES string of the molecule is CCCN(Cc1ccccc1)C(=O)Nc1ccc(C#N)c(Cl)c1. The Morgan fingerprint density at radius 2 is 2.00 bits per heavy atom. The molecular formula is C18H18ClN3O. The van der Waals surface area contributed by atoms with Crippen LogP contribution in [0.25, 0.3) is 0 Å². The van der Waals surface area contributed by atoms with Crippen LogP contribution >= 0.6 is 11.6 Å². The number of urea groups is 1. The van der Waals surface area contributed by atoms with Crippen LogP contribution in [0.3, 0.4) is 0 Å². The van der Waals surface area contributed by atoms with Crippen molar-refractivity contribution >= 4 is 23.3 Å². The summed E-state index contributed by atoms with van der Waals surface area (Å²) >= 11 is 6.00. The van der Waals surface area contributed by atoms with Gasteiger partial charge in [-0.15, -0.1) is 0 Å². The lowest BCUT2D eigenvalue weighted by Crippen LogP contribution is -2.35. The molecule has 0 heterocycles. The van der Waals surface area contributed by atoms with E-state index in [0.29, 0.717) is 29.4 Å². The van der Waals surface area contributed by atoms with Crippen molar-refractivity contribution in [3.63, 3.8) is 0 Å². The summed E-state index contributed by atoms with van der Waals surface area (Å²) in [6, 6.07) is 16.5. The lowest BCUT2D eigenvalue weighted by atomic mass is 10.2. The molecule has 0 aliphatic carbocycles. The smallest absolute Gasteiger partial charge is 0.320 e. The Labute approximate surface area is 141 Å². The van der Waals surface area contributed by atoms with Gasteiger partial charge in [-0.05, 0) is 30.2 Å². The largest absolute Gasteiger partial charge is 0.322 e. The summed E-state index contributed by atoms with van der Waals surface area (Å²) < 4.78 is 0. The maximum absolute atomic E-state index is 12.5. The van der Waals surface area contributed by atoms with Crippen molar-refractivity contribution in [1.82, 2.24) is 4.90 Å². The third-order valence-electron chi connectivity index (χ3n) is 3.34. The standard InChI is InChI=1S/C18H18ClN3O/c1-2-10-22(13-14-6-4-3-5-7-14)18(23)21-16-9-8-15(12-20)17(19)11-16/h3-9,11H,2,10,13H2,1H3,(H,21,23). The van der Waals surface area contributed by atoms with Crippen molar-refractivity contribution in [3.8, 4) is 6.07 Å². The van der Waals surface area contributed by atoms with E-state index in [-0.39, 0.29) is 6.03 Å². The first-order chi connectivity index (χ1) is 11.1. The first-order valence-corrected chi connectivity index (χ1v) is 7.81. The number of hydrogen-bond acceptors (Lipinski definition) is 2. The summed E-state index contributed by atoms with van der Waals surface area (Å²) in [6.07, 6.45) is 0.869. The lowest BCUT2D eigenvalue weighted by Gasteiger charge is -2.23. The number of hydrogen-bond donors (Lipinski definition) is 1. The summed E-state index contributed by atoms with van der Waals surface area (Å²) in [7, 11) is 0. The molecule has 118 valence electrons. The highest BCUT2D eigenvalue weighted by molar-refractivity contribution is 6.32. The molecule has 5 heteroatoms. The fourth-order valence-corrected chi connectivity index (χ4v) is 2.43. The molecule has 0 saturated carbocycles. The van der Waals surface area contributed by atoms with Crippen molar-refractivity contribution in [2.45, 2.75) is 19.9 Å². The molecule has 23 heavy (non-hydrogen) atoms. The van der Waals surface area contributed by atoms with Crippen LogP contribution in [0.2, 0.25) is 5.02 Å². The molecule has 1 N–H and O–H groups in total. The zero-order valence-corrected chi connectivity index (χ0v) is 13.7. The number of carbonyl (C=O) groups excluding carboxylic acids is 1. The summed E-state index contributed by atoms with van der Waals surface area (Å²) in [6.45, 7) is 3.24. The zero-order chi connectivity index (χ0) is 16.7. The van der Waals surface area contributed by atoms with Crippen LogP contribution in [0.1, 0.15) is 24.5 Å². The zero-order valence-electron chi connectivity index (χ0n) is 12.9. The highest BCUT2D eigenvalue weighted by atomic mass is 35.5. The van der Waals surface area contributed by atoms with Gasteiger partial charge in [0.25, 0.3) is 0 Å². The molecule has 0 radical (unpaired) electrons. The van der Waals surface area contributed by atoms with E-state index >= 15 is 0 Å². The minimum atomic E-state index is -0.184. The van der Waals surface area contributed by atoms with Gasteiger partial charge in [-0.25, -0.2) is 4.79 Å². The van der Waals surface area contributed by atoms with Gasteiger partial charge in [-0.1, -0.05) is 48.9 Å². The fraction of sp³-hybridized carbons (Fsp3) is 0.222. The second-order valence-corrected chi connectivity index (χ2v) is 5.55. The Morgan fingerprint density at radius 1 is 1.26 bits per heavy atom. The highest BCUT2D eigenvalue weighted by Crippen LogP contribution is 2.20. The second kappa shape index (κ2) is 8.21. The summed E-state index contributed by atoms with van der Waals surface area (Å²) in [5.41, 5.74) is 2.04. The molecule has 2 aromatic carbocycles. The van der Waals surface area contributed by atoms with Crippen LogP contribution in [0.5, 0.6) is 0 Å². The van der Waals surface area contributed by atoms with E-state index in [1.807, 2.05) is 43.3 Å². The molecule has 2 amide bonds. The predicted molar refractivity (Wildman–Crippen MR) is 92.3 cm³/mol. The number of benzene rings is 2.